The Hall–Kier alpha value is -2.37. The van der Waals surface area contributed by atoms with Gasteiger partial charge in [-0.2, -0.15) is 0 Å². The van der Waals surface area contributed by atoms with Crippen LogP contribution < -0.4 is 5.32 Å². The highest BCUT2D eigenvalue weighted by molar-refractivity contribution is 7.71. The highest BCUT2D eigenvalue weighted by Gasteiger charge is 2.14. The molecule has 1 aromatic heterocycles. The van der Waals surface area contributed by atoms with Crippen LogP contribution in [0.5, 0.6) is 0 Å². The van der Waals surface area contributed by atoms with Gasteiger partial charge in [0.15, 0.2) is 4.77 Å². The normalized spacial score (nSPS) is 10.5. The first-order valence-corrected chi connectivity index (χ1v) is 7.78. The summed E-state index contributed by atoms with van der Waals surface area (Å²) in [5.74, 6) is -0.263. The number of nitrogens with one attached hydrogen (secondary N) is 2. The van der Waals surface area contributed by atoms with Gasteiger partial charge in [-0.3, -0.25) is 9.36 Å². The zero-order valence-electron chi connectivity index (χ0n) is 12.3. The SMILES string of the molecule is Cc1ccc(NC(=O)c2c[nH]c(=S)n2-c2ccccc2)cc1Cl. The molecule has 1 amide bonds. The number of hydrogen-bond acceptors (Lipinski definition) is 2. The van der Waals surface area contributed by atoms with Crippen molar-refractivity contribution in [1.82, 2.24) is 9.55 Å². The van der Waals surface area contributed by atoms with Crippen LogP contribution in [0, 0.1) is 11.7 Å². The predicted molar refractivity (Wildman–Crippen MR) is 95.1 cm³/mol. The number of carbonyl (C=O) groups excluding carboxylic acids is 1. The van der Waals surface area contributed by atoms with Crippen LogP contribution in [-0.2, 0) is 0 Å². The molecule has 3 rings (SSSR count). The summed E-state index contributed by atoms with van der Waals surface area (Å²) in [6.45, 7) is 1.91. The zero-order chi connectivity index (χ0) is 16.4. The standard InChI is InChI=1S/C17H14ClN3OS/c1-11-7-8-12(9-14(11)18)20-16(22)15-10-19-17(23)21(15)13-5-3-2-4-6-13/h2-10H,1H3,(H,19,23)(H,20,22). The van der Waals surface area contributed by atoms with E-state index in [1.165, 1.54) is 0 Å². The highest BCUT2D eigenvalue weighted by Crippen LogP contribution is 2.21. The minimum absolute atomic E-state index is 0.263. The van der Waals surface area contributed by atoms with Crippen molar-refractivity contribution >= 4 is 35.4 Å². The molecule has 0 fully saturated rings. The Morgan fingerprint density at radius 2 is 1.96 bits per heavy atom. The summed E-state index contributed by atoms with van der Waals surface area (Å²) in [5.41, 5.74) is 2.85. The molecule has 0 aliphatic carbocycles. The molecule has 23 heavy (non-hydrogen) atoms. The number of aromatic nitrogens is 2. The van der Waals surface area contributed by atoms with E-state index < -0.39 is 0 Å². The summed E-state index contributed by atoms with van der Waals surface area (Å²) in [5, 5.41) is 3.45. The molecule has 0 bridgehead atoms. The zero-order valence-corrected chi connectivity index (χ0v) is 13.9. The highest BCUT2D eigenvalue weighted by atomic mass is 35.5. The third kappa shape index (κ3) is 3.21. The fourth-order valence-corrected chi connectivity index (χ4v) is 2.68. The van der Waals surface area contributed by atoms with Crippen LogP contribution in [0.1, 0.15) is 16.1 Å². The van der Waals surface area contributed by atoms with Gasteiger partial charge in [0, 0.05) is 22.6 Å². The average Bonchev–Trinajstić information content (AvgIpc) is 2.93. The van der Waals surface area contributed by atoms with Crippen molar-refractivity contribution < 1.29 is 4.79 Å². The number of aromatic amines is 1. The maximum Gasteiger partial charge on any atom is 0.274 e. The number of para-hydroxylation sites is 1. The molecule has 1 heterocycles. The molecule has 2 N–H and O–H groups in total. The van der Waals surface area contributed by atoms with Crippen molar-refractivity contribution in [3.63, 3.8) is 0 Å². The van der Waals surface area contributed by atoms with Gasteiger partial charge in [0.1, 0.15) is 5.69 Å². The molecule has 0 aliphatic heterocycles. The Kier molecular flexibility index (Phi) is 4.32. The van der Waals surface area contributed by atoms with E-state index in [0.717, 1.165) is 11.3 Å². The van der Waals surface area contributed by atoms with E-state index in [9.17, 15) is 4.79 Å². The van der Waals surface area contributed by atoms with Gasteiger partial charge in [0.2, 0.25) is 0 Å². The first-order chi connectivity index (χ1) is 11.1. The maximum atomic E-state index is 12.6. The molecule has 2 aromatic carbocycles. The number of amides is 1. The molecule has 0 unspecified atom stereocenters. The van der Waals surface area contributed by atoms with Crippen LogP contribution in [0.25, 0.3) is 5.69 Å². The number of rotatable bonds is 3. The van der Waals surface area contributed by atoms with E-state index in [-0.39, 0.29) is 5.91 Å². The summed E-state index contributed by atoms with van der Waals surface area (Å²) in [4.78, 5) is 15.5. The number of aryl methyl sites for hydroxylation is 1. The van der Waals surface area contributed by atoms with Crippen LogP contribution >= 0.6 is 23.8 Å². The second-order valence-corrected chi connectivity index (χ2v) is 5.86. The van der Waals surface area contributed by atoms with Gasteiger partial charge in [0.05, 0.1) is 0 Å². The summed E-state index contributed by atoms with van der Waals surface area (Å²) >= 11 is 11.4. The lowest BCUT2D eigenvalue weighted by Gasteiger charge is -2.10. The molecule has 0 radical (unpaired) electrons. The minimum Gasteiger partial charge on any atom is -0.336 e. The Morgan fingerprint density at radius 3 is 2.65 bits per heavy atom. The lowest BCUT2D eigenvalue weighted by Crippen LogP contribution is -2.16. The largest absolute Gasteiger partial charge is 0.336 e. The molecule has 0 aliphatic rings. The van der Waals surface area contributed by atoms with Crippen molar-refractivity contribution in [2.45, 2.75) is 6.92 Å². The first-order valence-electron chi connectivity index (χ1n) is 6.99. The van der Waals surface area contributed by atoms with E-state index >= 15 is 0 Å². The second kappa shape index (κ2) is 6.40. The third-order valence-corrected chi connectivity index (χ3v) is 4.16. The lowest BCUT2D eigenvalue weighted by molar-refractivity contribution is 0.102. The maximum absolute atomic E-state index is 12.6. The molecule has 4 nitrogen and oxygen atoms in total. The van der Waals surface area contributed by atoms with Gasteiger partial charge in [-0.25, -0.2) is 0 Å². The number of halogens is 1. The number of H-pyrrole nitrogens is 1. The van der Waals surface area contributed by atoms with Gasteiger partial charge in [-0.1, -0.05) is 35.9 Å². The summed E-state index contributed by atoms with van der Waals surface area (Å²) in [6, 6.07) is 14.9. The third-order valence-electron chi connectivity index (χ3n) is 3.45. The molecule has 3 aromatic rings. The number of benzene rings is 2. The molecule has 0 saturated heterocycles. The Balaban J connectivity index is 1.95. The summed E-state index contributed by atoms with van der Waals surface area (Å²) < 4.78 is 2.16. The van der Waals surface area contributed by atoms with E-state index in [4.69, 9.17) is 23.8 Å². The van der Waals surface area contributed by atoms with Gasteiger partial charge in [0.25, 0.3) is 5.91 Å². The predicted octanol–water partition coefficient (Wildman–Crippen LogP) is 4.75. The smallest absolute Gasteiger partial charge is 0.274 e. The Bertz CT molecular complexity index is 915. The van der Waals surface area contributed by atoms with Crippen LogP contribution in [0.3, 0.4) is 0 Å². The number of hydrogen-bond donors (Lipinski definition) is 2. The number of carbonyl (C=O) groups is 1. The monoisotopic (exact) mass is 343 g/mol. The van der Waals surface area contributed by atoms with Crippen LogP contribution in [0.2, 0.25) is 5.02 Å². The topological polar surface area (TPSA) is 49.8 Å². The van der Waals surface area contributed by atoms with Crippen LogP contribution in [0.4, 0.5) is 5.69 Å². The van der Waals surface area contributed by atoms with E-state index in [0.29, 0.717) is 21.2 Å². The van der Waals surface area contributed by atoms with Crippen molar-refractivity contribution in [1.29, 1.82) is 0 Å². The molecule has 0 saturated carbocycles. The molecule has 6 heteroatoms. The quantitative estimate of drug-likeness (QED) is 0.674. The van der Waals surface area contributed by atoms with Gasteiger partial charge >= 0.3 is 0 Å². The Morgan fingerprint density at radius 1 is 1.22 bits per heavy atom. The van der Waals surface area contributed by atoms with Crippen molar-refractivity contribution in [3.05, 3.63) is 75.8 Å². The van der Waals surface area contributed by atoms with Crippen LogP contribution in [-0.4, -0.2) is 15.5 Å². The number of nitrogens with zero attached hydrogens (tertiary/aromatic N) is 1. The van der Waals surface area contributed by atoms with Gasteiger partial charge < -0.3 is 10.3 Å². The van der Waals surface area contributed by atoms with Crippen molar-refractivity contribution in [2.24, 2.45) is 0 Å². The summed E-state index contributed by atoms with van der Waals surface area (Å²) in [6.07, 6.45) is 1.60. The molecule has 0 atom stereocenters. The second-order valence-electron chi connectivity index (χ2n) is 5.07. The van der Waals surface area contributed by atoms with E-state index in [1.54, 1.807) is 16.8 Å². The number of anilines is 1. The minimum atomic E-state index is -0.263. The summed E-state index contributed by atoms with van der Waals surface area (Å²) in [7, 11) is 0. The Labute approximate surface area is 143 Å². The van der Waals surface area contributed by atoms with E-state index in [1.807, 2.05) is 49.4 Å². The van der Waals surface area contributed by atoms with Gasteiger partial charge in [-0.05, 0) is 49.0 Å². The fraction of sp³-hybridized carbons (Fsp3) is 0.0588. The first kappa shape index (κ1) is 15.5. The molecular formula is C17H14ClN3OS. The van der Waals surface area contributed by atoms with Crippen LogP contribution in [0.15, 0.2) is 54.7 Å². The van der Waals surface area contributed by atoms with Crippen molar-refractivity contribution in [2.75, 3.05) is 5.32 Å². The lowest BCUT2D eigenvalue weighted by atomic mass is 10.2. The van der Waals surface area contributed by atoms with E-state index in [2.05, 4.69) is 10.3 Å². The van der Waals surface area contributed by atoms with Gasteiger partial charge in [-0.15, -0.1) is 0 Å². The average molecular weight is 344 g/mol. The fourth-order valence-electron chi connectivity index (χ4n) is 2.23. The van der Waals surface area contributed by atoms with Crippen molar-refractivity contribution in [3.8, 4) is 5.69 Å². The molecule has 0 spiro atoms. The number of imidazole rings is 1. The molecule has 116 valence electrons. The molecular weight excluding hydrogens is 330 g/mol.